The molecule has 0 aliphatic carbocycles. The first-order valence-corrected chi connectivity index (χ1v) is 7.75. The van der Waals surface area contributed by atoms with Gasteiger partial charge in [0.1, 0.15) is 0 Å². The molecule has 108 valence electrons. The monoisotopic (exact) mass is 298 g/mol. The van der Waals surface area contributed by atoms with E-state index in [9.17, 15) is 5.11 Å². The van der Waals surface area contributed by atoms with E-state index in [1.165, 1.54) is 4.70 Å². The predicted molar refractivity (Wildman–Crippen MR) is 89.1 cm³/mol. The molecule has 0 amide bonds. The summed E-state index contributed by atoms with van der Waals surface area (Å²) in [6, 6.07) is 16.1. The second-order valence-corrected chi connectivity index (χ2v) is 6.40. The lowest BCUT2D eigenvalue weighted by Crippen LogP contribution is -2.10. The van der Waals surface area contributed by atoms with Gasteiger partial charge in [-0.05, 0) is 29.8 Å². The highest BCUT2D eigenvalue weighted by Crippen LogP contribution is 2.27. The molecule has 1 heterocycles. The van der Waals surface area contributed by atoms with Crippen molar-refractivity contribution in [3.05, 3.63) is 59.1 Å². The minimum atomic E-state index is -0.523. The minimum Gasteiger partial charge on any atom is -0.388 e. The van der Waals surface area contributed by atoms with Crippen LogP contribution in [0.4, 0.5) is 5.69 Å². The Balaban J connectivity index is 1.82. The van der Waals surface area contributed by atoms with Gasteiger partial charge in [0.2, 0.25) is 0 Å². The zero-order valence-corrected chi connectivity index (χ0v) is 13.0. The molecule has 0 saturated heterocycles. The highest BCUT2D eigenvalue weighted by atomic mass is 32.1. The molecule has 1 N–H and O–H groups in total. The molecule has 2 aromatic carbocycles. The van der Waals surface area contributed by atoms with E-state index in [1.54, 1.807) is 11.3 Å². The highest BCUT2D eigenvalue weighted by Gasteiger charge is 2.13. The second-order valence-electron chi connectivity index (χ2n) is 5.28. The number of para-hydroxylation sites is 1. The summed E-state index contributed by atoms with van der Waals surface area (Å²) in [5, 5.41) is 11.4. The topological polar surface area (TPSA) is 36.4 Å². The summed E-state index contributed by atoms with van der Waals surface area (Å²) in [5.41, 5.74) is 3.03. The fraction of sp³-hybridized carbons (Fsp3) is 0.235. The Morgan fingerprint density at radius 3 is 2.71 bits per heavy atom. The van der Waals surface area contributed by atoms with Crippen LogP contribution in [0.5, 0.6) is 0 Å². The van der Waals surface area contributed by atoms with Crippen molar-refractivity contribution in [1.29, 1.82) is 0 Å². The molecule has 3 aromatic rings. The third kappa shape index (κ3) is 3.06. The van der Waals surface area contributed by atoms with Gasteiger partial charge in [-0.3, -0.25) is 0 Å². The van der Waals surface area contributed by atoms with E-state index in [-0.39, 0.29) is 0 Å². The van der Waals surface area contributed by atoms with Crippen LogP contribution < -0.4 is 4.90 Å². The zero-order valence-electron chi connectivity index (χ0n) is 12.2. The SMILES string of the molecule is CN(C)c1cccc(C(O)Cc2nc3ccccc3s2)c1. The average molecular weight is 298 g/mol. The van der Waals surface area contributed by atoms with Crippen molar-refractivity contribution in [2.24, 2.45) is 0 Å². The van der Waals surface area contributed by atoms with Gasteiger partial charge >= 0.3 is 0 Å². The van der Waals surface area contributed by atoms with Crippen LogP contribution in [0.2, 0.25) is 0 Å². The Labute approximate surface area is 128 Å². The first-order chi connectivity index (χ1) is 10.1. The van der Waals surface area contributed by atoms with E-state index >= 15 is 0 Å². The maximum absolute atomic E-state index is 10.5. The van der Waals surface area contributed by atoms with Gasteiger partial charge < -0.3 is 10.0 Å². The number of anilines is 1. The van der Waals surface area contributed by atoms with E-state index in [0.717, 1.165) is 21.8 Å². The maximum Gasteiger partial charge on any atom is 0.0967 e. The van der Waals surface area contributed by atoms with Crippen molar-refractivity contribution in [2.75, 3.05) is 19.0 Å². The van der Waals surface area contributed by atoms with Gasteiger partial charge in [-0.1, -0.05) is 24.3 Å². The molecule has 1 atom stereocenters. The second kappa shape index (κ2) is 5.84. The van der Waals surface area contributed by atoms with Crippen LogP contribution >= 0.6 is 11.3 Å². The lowest BCUT2D eigenvalue weighted by molar-refractivity contribution is 0.178. The number of rotatable bonds is 4. The number of thiazole rings is 1. The van der Waals surface area contributed by atoms with Crippen LogP contribution in [0.15, 0.2) is 48.5 Å². The van der Waals surface area contributed by atoms with Crippen LogP contribution in [-0.4, -0.2) is 24.2 Å². The number of aliphatic hydroxyl groups is 1. The third-order valence-corrected chi connectivity index (χ3v) is 4.54. The van der Waals surface area contributed by atoms with Crippen LogP contribution in [0.3, 0.4) is 0 Å². The van der Waals surface area contributed by atoms with Gasteiger partial charge in [-0.15, -0.1) is 11.3 Å². The van der Waals surface area contributed by atoms with Crippen LogP contribution in [0.25, 0.3) is 10.2 Å². The maximum atomic E-state index is 10.5. The highest BCUT2D eigenvalue weighted by molar-refractivity contribution is 7.18. The Morgan fingerprint density at radius 2 is 1.95 bits per heavy atom. The molecule has 21 heavy (non-hydrogen) atoms. The van der Waals surface area contributed by atoms with Crippen molar-refractivity contribution in [2.45, 2.75) is 12.5 Å². The molecule has 0 bridgehead atoms. The van der Waals surface area contributed by atoms with Crippen molar-refractivity contribution in [3.63, 3.8) is 0 Å². The number of nitrogens with zero attached hydrogens (tertiary/aromatic N) is 2. The molecular formula is C17H18N2OS. The Hall–Kier alpha value is -1.91. The van der Waals surface area contributed by atoms with E-state index in [0.29, 0.717) is 6.42 Å². The normalized spacial score (nSPS) is 12.5. The molecule has 0 saturated carbocycles. The summed E-state index contributed by atoms with van der Waals surface area (Å²) in [6.07, 6.45) is 0.0291. The third-order valence-electron chi connectivity index (χ3n) is 3.48. The first kappa shape index (κ1) is 14.0. The summed E-state index contributed by atoms with van der Waals surface area (Å²) in [6.45, 7) is 0. The van der Waals surface area contributed by atoms with Crippen molar-refractivity contribution >= 4 is 27.2 Å². The van der Waals surface area contributed by atoms with Crippen molar-refractivity contribution in [1.82, 2.24) is 4.98 Å². The molecule has 3 rings (SSSR count). The lowest BCUT2D eigenvalue weighted by atomic mass is 10.1. The molecule has 0 radical (unpaired) electrons. The van der Waals surface area contributed by atoms with E-state index in [2.05, 4.69) is 11.1 Å². The van der Waals surface area contributed by atoms with Crippen LogP contribution in [0.1, 0.15) is 16.7 Å². The number of hydrogen-bond donors (Lipinski definition) is 1. The standard InChI is InChI=1S/C17H18N2OS/c1-19(2)13-7-5-6-12(10-13)15(20)11-17-18-14-8-3-4-9-16(14)21-17/h3-10,15,20H,11H2,1-2H3. The molecule has 1 unspecified atom stereocenters. The molecule has 0 aliphatic heterocycles. The minimum absolute atomic E-state index is 0.523. The number of fused-ring (bicyclic) bond motifs is 1. The van der Waals surface area contributed by atoms with Crippen molar-refractivity contribution < 1.29 is 5.11 Å². The molecule has 1 aromatic heterocycles. The predicted octanol–water partition coefficient (Wildman–Crippen LogP) is 3.64. The van der Waals surface area contributed by atoms with Gasteiger partial charge in [0.05, 0.1) is 21.3 Å². The van der Waals surface area contributed by atoms with Crippen LogP contribution in [0, 0.1) is 0 Å². The lowest BCUT2D eigenvalue weighted by Gasteiger charge is -2.15. The Bertz CT molecular complexity index is 718. The fourth-order valence-corrected chi connectivity index (χ4v) is 3.30. The van der Waals surface area contributed by atoms with Gasteiger partial charge in [0.15, 0.2) is 0 Å². The molecule has 0 fully saturated rings. The number of aromatic nitrogens is 1. The zero-order chi connectivity index (χ0) is 14.8. The van der Waals surface area contributed by atoms with Gasteiger partial charge in [-0.2, -0.15) is 0 Å². The van der Waals surface area contributed by atoms with E-state index in [4.69, 9.17) is 0 Å². The average Bonchev–Trinajstić information content (AvgIpc) is 2.89. The number of benzene rings is 2. The Kier molecular flexibility index (Phi) is 3.90. The summed E-state index contributed by atoms with van der Waals surface area (Å²) >= 11 is 1.65. The number of aliphatic hydroxyl groups excluding tert-OH is 1. The molecule has 0 aliphatic rings. The number of hydrogen-bond acceptors (Lipinski definition) is 4. The van der Waals surface area contributed by atoms with Gasteiger partial charge in [0, 0.05) is 26.2 Å². The molecular weight excluding hydrogens is 280 g/mol. The summed E-state index contributed by atoms with van der Waals surface area (Å²) < 4.78 is 1.17. The first-order valence-electron chi connectivity index (χ1n) is 6.93. The summed E-state index contributed by atoms with van der Waals surface area (Å²) in [4.78, 5) is 6.62. The molecule has 0 spiro atoms. The van der Waals surface area contributed by atoms with E-state index in [1.807, 2.05) is 61.5 Å². The van der Waals surface area contributed by atoms with E-state index < -0.39 is 6.10 Å². The smallest absolute Gasteiger partial charge is 0.0967 e. The van der Waals surface area contributed by atoms with Crippen molar-refractivity contribution in [3.8, 4) is 0 Å². The quantitative estimate of drug-likeness (QED) is 0.799. The van der Waals surface area contributed by atoms with Gasteiger partial charge in [-0.25, -0.2) is 4.98 Å². The van der Waals surface area contributed by atoms with Crippen LogP contribution in [-0.2, 0) is 6.42 Å². The fourth-order valence-electron chi connectivity index (χ4n) is 2.30. The molecule has 4 heteroatoms. The van der Waals surface area contributed by atoms with Gasteiger partial charge in [0.25, 0.3) is 0 Å². The largest absolute Gasteiger partial charge is 0.388 e. The summed E-state index contributed by atoms with van der Waals surface area (Å²) in [5.74, 6) is 0. The Morgan fingerprint density at radius 1 is 1.14 bits per heavy atom. The molecule has 3 nitrogen and oxygen atoms in total. The summed E-state index contributed by atoms with van der Waals surface area (Å²) in [7, 11) is 4.00.